The lowest BCUT2D eigenvalue weighted by Gasteiger charge is -2.32. The number of rotatable bonds is 3. The molecule has 0 saturated carbocycles. The van der Waals surface area contributed by atoms with E-state index in [1.54, 1.807) is 6.07 Å². The Labute approximate surface area is 107 Å². The molecule has 0 bridgehead atoms. The molecule has 1 aliphatic rings. The molecule has 6 nitrogen and oxygen atoms in total. The predicted octanol–water partition coefficient (Wildman–Crippen LogP) is 0.0244. The molecule has 2 N–H and O–H groups in total. The number of hydrogen-bond acceptors (Lipinski definition) is 5. The van der Waals surface area contributed by atoms with Gasteiger partial charge in [-0.25, -0.2) is 0 Å². The number of carbonyl (C=O) groups excluding carboxylic acids is 1. The molecule has 0 aliphatic carbocycles. The van der Waals surface area contributed by atoms with E-state index in [1.807, 2.05) is 13.0 Å². The van der Waals surface area contributed by atoms with Gasteiger partial charge in [-0.2, -0.15) is 0 Å². The molecule has 1 aromatic heterocycles. The fraction of sp³-hybridized carbons (Fsp3) is 0.583. The van der Waals surface area contributed by atoms with Crippen molar-refractivity contribution in [3.05, 3.63) is 17.8 Å². The van der Waals surface area contributed by atoms with E-state index in [0.29, 0.717) is 18.3 Å². The second kappa shape index (κ2) is 5.77. The summed E-state index contributed by atoms with van der Waals surface area (Å²) >= 11 is 0. The lowest BCUT2D eigenvalue weighted by atomic mass is 10.2. The highest BCUT2D eigenvalue weighted by Gasteiger charge is 2.17. The van der Waals surface area contributed by atoms with Crippen molar-refractivity contribution in [2.24, 2.45) is 0 Å². The van der Waals surface area contributed by atoms with Gasteiger partial charge in [0.2, 0.25) is 0 Å². The molecule has 0 unspecified atom stereocenters. The SMILES string of the molecule is CCNC(=O)c1ccc(N2CCN[C@@H](C)C2)nn1. The van der Waals surface area contributed by atoms with Crippen LogP contribution in [-0.4, -0.2) is 48.3 Å². The summed E-state index contributed by atoms with van der Waals surface area (Å²) in [6, 6.07) is 4.03. The maximum atomic E-state index is 11.5. The first kappa shape index (κ1) is 12.8. The fourth-order valence-corrected chi connectivity index (χ4v) is 2.01. The van der Waals surface area contributed by atoms with E-state index in [1.165, 1.54) is 0 Å². The molecule has 1 fully saturated rings. The number of amides is 1. The number of piperazine rings is 1. The van der Waals surface area contributed by atoms with E-state index in [2.05, 4.69) is 32.7 Å². The Morgan fingerprint density at radius 3 is 3.00 bits per heavy atom. The Bertz CT molecular complexity index is 405. The zero-order chi connectivity index (χ0) is 13.0. The topological polar surface area (TPSA) is 70.2 Å². The van der Waals surface area contributed by atoms with Gasteiger partial charge in [-0.05, 0) is 26.0 Å². The van der Waals surface area contributed by atoms with Gasteiger partial charge in [0, 0.05) is 32.2 Å². The van der Waals surface area contributed by atoms with Crippen LogP contribution in [0.5, 0.6) is 0 Å². The van der Waals surface area contributed by atoms with Gasteiger partial charge in [0.25, 0.3) is 5.91 Å². The first-order valence-corrected chi connectivity index (χ1v) is 6.31. The summed E-state index contributed by atoms with van der Waals surface area (Å²) in [6.07, 6.45) is 0. The van der Waals surface area contributed by atoms with Crippen LogP contribution in [0.2, 0.25) is 0 Å². The van der Waals surface area contributed by atoms with Gasteiger partial charge in [0.1, 0.15) is 0 Å². The van der Waals surface area contributed by atoms with E-state index in [4.69, 9.17) is 0 Å². The molecule has 1 amide bonds. The summed E-state index contributed by atoms with van der Waals surface area (Å²) in [5.41, 5.74) is 0.365. The summed E-state index contributed by atoms with van der Waals surface area (Å²) in [5.74, 6) is 0.654. The van der Waals surface area contributed by atoms with Gasteiger partial charge in [0.05, 0.1) is 0 Å². The normalized spacial score (nSPS) is 19.7. The summed E-state index contributed by atoms with van der Waals surface area (Å²) in [4.78, 5) is 13.7. The average Bonchev–Trinajstić information content (AvgIpc) is 2.39. The lowest BCUT2D eigenvalue weighted by Crippen LogP contribution is -2.49. The van der Waals surface area contributed by atoms with E-state index in [9.17, 15) is 4.79 Å². The van der Waals surface area contributed by atoms with E-state index >= 15 is 0 Å². The molecule has 1 saturated heterocycles. The third-order valence-corrected chi connectivity index (χ3v) is 2.91. The van der Waals surface area contributed by atoms with Crippen LogP contribution in [-0.2, 0) is 0 Å². The van der Waals surface area contributed by atoms with Crippen molar-refractivity contribution >= 4 is 11.7 Å². The van der Waals surface area contributed by atoms with Crippen molar-refractivity contribution in [2.75, 3.05) is 31.1 Å². The van der Waals surface area contributed by atoms with Crippen molar-refractivity contribution in [2.45, 2.75) is 19.9 Å². The smallest absolute Gasteiger partial charge is 0.271 e. The van der Waals surface area contributed by atoms with Crippen LogP contribution in [0.25, 0.3) is 0 Å². The molecule has 6 heteroatoms. The standard InChI is InChI=1S/C12H19N5O/c1-3-13-12(18)10-4-5-11(16-15-10)17-7-6-14-9(2)8-17/h4-5,9,14H,3,6-8H2,1-2H3,(H,13,18)/t9-/m0/s1. The maximum absolute atomic E-state index is 11.5. The number of nitrogens with zero attached hydrogens (tertiary/aromatic N) is 3. The quantitative estimate of drug-likeness (QED) is 0.790. The zero-order valence-electron chi connectivity index (χ0n) is 10.8. The Hall–Kier alpha value is -1.69. The van der Waals surface area contributed by atoms with Gasteiger partial charge in [-0.3, -0.25) is 4.79 Å². The molecule has 1 aliphatic heterocycles. The number of carbonyl (C=O) groups is 1. The number of anilines is 1. The first-order valence-electron chi connectivity index (χ1n) is 6.31. The van der Waals surface area contributed by atoms with Crippen LogP contribution >= 0.6 is 0 Å². The fourth-order valence-electron chi connectivity index (χ4n) is 2.01. The van der Waals surface area contributed by atoms with Crippen LogP contribution in [0.4, 0.5) is 5.82 Å². The minimum Gasteiger partial charge on any atom is -0.352 e. The van der Waals surface area contributed by atoms with Gasteiger partial charge >= 0.3 is 0 Å². The molecule has 18 heavy (non-hydrogen) atoms. The van der Waals surface area contributed by atoms with Gasteiger partial charge in [-0.1, -0.05) is 0 Å². The highest BCUT2D eigenvalue weighted by molar-refractivity contribution is 5.92. The predicted molar refractivity (Wildman–Crippen MR) is 69.7 cm³/mol. The van der Waals surface area contributed by atoms with E-state index < -0.39 is 0 Å². The van der Waals surface area contributed by atoms with Crippen LogP contribution in [0, 0.1) is 0 Å². The maximum Gasteiger partial charge on any atom is 0.271 e. The van der Waals surface area contributed by atoms with E-state index in [0.717, 1.165) is 25.5 Å². The number of nitrogens with one attached hydrogen (secondary N) is 2. The van der Waals surface area contributed by atoms with Crippen molar-refractivity contribution in [3.8, 4) is 0 Å². The van der Waals surface area contributed by atoms with E-state index in [-0.39, 0.29) is 5.91 Å². The highest BCUT2D eigenvalue weighted by atomic mass is 16.1. The van der Waals surface area contributed by atoms with Crippen LogP contribution in [0.3, 0.4) is 0 Å². The first-order chi connectivity index (χ1) is 8.70. The summed E-state index contributed by atoms with van der Waals surface area (Å²) in [5, 5.41) is 14.2. The van der Waals surface area contributed by atoms with Gasteiger partial charge < -0.3 is 15.5 Å². The summed E-state index contributed by atoms with van der Waals surface area (Å²) in [6.45, 7) is 7.39. The van der Waals surface area contributed by atoms with Crippen molar-refractivity contribution in [3.63, 3.8) is 0 Å². The Kier molecular flexibility index (Phi) is 4.09. The largest absolute Gasteiger partial charge is 0.352 e. The molecule has 2 rings (SSSR count). The summed E-state index contributed by atoms with van der Waals surface area (Å²) in [7, 11) is 0. The van der Waals surface area contributed by atoms with Crippen molar-refractivity contribution in [1.82, 2.24) is 20.8 Å². The van der Waals surface area contributed by atoms with Crippen LogP contribution < -0.4 is 15.5 Å². The monoisotopic (exact) mass is 249 g/mol. The van der Waals surface area contributed by atoms with Crippen LogP contribution in [0.1, 0.15) is 24.3 Å². The molecular weight excluding hydrogens is 230 g/mol. The number of aromatic nitrogens is 2. The number of hydrogen-bond donors (Lipinski definition) is 2. The minimum atomic E-state index is -0.176. The van der Waals surface area contributed by atoms with Crippen molar-refractivity contribution in [1.29, 1.82) is 0 Å². The molecular formula is C12H19N5O. The zero-order valence-corrected chi connectivity index (χ0v) is 10.8. The average molecular weight is 249 g/mol. The highest BCUT2D eigenvalue weighted by Crippen LogP contribution is 2.11. The molecule has 0 spiro atoms. The Morgan fingerprint density at radius 2 is 2.39 bits per heavy atom. The molecule has 2 heterocycles. The second-order valence-corrected chi connectivity index (χ2v) is 4.44. The molecule has 98 valence electrons. The molecule has 0 radical (unpaired) electrons. The third kappa shape index (κ3) is 2.95. The Balaban J connectivity index is 2.05. The van der Waals surface area contributed by atoms with Gasteiger partial charge in [-0.15, -0.1) is 10.2 Å². The van der Waals surface area contributed by atoms with Crippen LogP contribution in [0.15, 0.2) is 12.1 Å². The second-order valence-electron chi connectivity index (χ2n) is 4.44. The molecule has 0 aromatic carbocycles. The molecule has 1 atom stereocenters. The third-order valence-electron chi connectivity index (χ3n) is 2.91. The Morgan fingerprint density at radius 1 is 1.56 bits per heavy atom. The van der Waals surface area contributed by atoms with Gasteiger partial charge in [0.15, 0.2) is 11.5 Å². The summed E-state index contributed by atoms with van der Waals surface area (Å²) < 4.78 is 0. The molecule has 1 aromatic rings. The van der Waals surface area contributed by atoms with Crippen molar-refractivity contribution < 1.29 is 4.79 Å². The lowest BCUT2D eigenvalue weighted by molar-refractivity contribution is 0.0950. The minimum absolute atomic E-state index is 0.176.